The predicted molar refractivity (Wildman–Crippen MR) is 67.9 cm³/mol. The predicted octanol–water partition coefficient (Wildman–Crippen LogP) is 2.76. The summed E-state index contributed by atoms with van der Waals surface area (Å²) in [7, 11) is 0. The fourth-order valence-corrected chi connectivity index (χ4v) is 2.52. The number of benzene rings is 1. The van der Waals surface area contributed by atoms with Crippen molar-refractivity contribution >= 4 is 11.1 Å². The number of aromatic nitrogens is 1. The Bertz CT molecular complexity index is 453. The minimum absolute atomic E-state index is 0.791. The summed E-state index contributed by atoms with van der Waals surface area (Å²) in [5.41, 5.74) is 1.88. The van der Waals surface area contributed by atoms with Gasteiger partial charge in [-0.05, 0) is 50.4 Å². The number of piperidine rings is 1. The van der Waals surface area contributed by atoms with E-state index in [0.29, 0.717) is 0 Å². The number of rotatable bonds is 3. The molecule has 3 nitrogen and oxygen atoms in total. The van der Waals surface area contributed by atoms with Crippen molar-refractivity contribution in [1.82, 2.24) is 10.3 Å². The molecular weight excluding hydrogens is 212 g/mol. The molecule has 0 amide bonds. The number of nitrogens with zero attached hydrogens (tertiary/aromatic N) is 1. The van der Waals surface area contributed by atoms with Crippen molar-refractivity contribution in [3.8, 4) is 0 Å². The van der Waals surface area contributed by atoms with Crippen molar-refractivity contribution in [3.63, 3.8) is 0 Å². The summed E-state index contributed by atoms with van der Waals surface area (Å²) in [6.45, 7) is 2.33. The first-order valence-corrected chi connectivity index (χ1v) is 6.47. The van der Waals surface area contributed by atoms with E-state index < -0.39 is 0 Å². The van der Waals surface area contributed by atoms with Crippen LogP contribution in [0.3, 0.4) is 0 Å². The Morgan fingerprint density at radius 1 is 1.35 bits per heavy atom. The SMILES string of the molecule is c1ccc2oc(CCC3CCCNC3)nc2c1. The van der Waals surface area contributed by atoms with Gasteiger partial charge in [-0.1, -0.05) is 12.1 Å². The van der Waals surface area contributed by atoms with Gasteiger partial charge in [-0.3, -0.25) is 0 Å². The van der Waals surface area contributed by atoms with Gasteiger partial charge in [0.15, 0.2) is 11.5 Å². The van der Waals surface area contributed by atoms with Crippen LogP contribution in [0.1, 0.15) is 25.2 Å². The van der Waals surface area contributed by atoms with Crippen molar-refractivity contribution < 1.29 is 4.42 Å². The number of para-hydroxylation sites is 2. The zero-order valence-corrected chi connectivity index (χ0v) is 9.98. The first kappa shape index (κ1) is 10.8. The molecule has 1 aromatic carbocycles. The second-order valence-electron chi connectivity index (χ2n) is 4.83. The van der Waals surface area contributed by atoms with Gasteiger partial charge in [0.2, 0.25) is 0 Å². The third kappa shape index (κ3) is 2.50. The van der Waals surface area contributed by atoms with Crippen LogP contribution in [0.15, 0.2) is 28.7 Å². The van der Waals surface area contributed by atoms with Crippen molar-refractivity contribution in [2.45, 2.75) is 25.7 Å². The largest absolute Gasteiger partial charge is 0.441 e. The van der Waals surface area contributed by atoms with Gasteiger partial charge in [0.05, 0.1) is 0 Å². The zero-order chi connectivity index (χ0) is 11.5. The van der Waals surface area contributed by atoms with Crippen LogP contribution >= 0.6 is 0 Å². The van der Waals surface area contributed by atoms with Crippen molar-refractivity contribution in [3.05, 3.63) is 30.2 Å². The number of nitrogens with one attached hydrogen (secondary N) is 1. The first-order valence-electron chi connectivity index (χ1n) is 6.47. The Morgan fingerprint density at radius 2 is 2.29 bits per heavy atom. The molecule has 1 N–H and O–H groups in total. The number of aryl methyl sites for hydroxylation is 1. The van der Waals surface area contributed by atoms with Crippen LogP contribution in [0.4, 0.5) is 0 Å². The van der Waals surface area contributed by atoms with Gasteiger partial charge in [-0.25, -0.2) is 4.98 Å². The van der Waals surface area contributed by atoms with Gasteiger partial charge < -0.3 is 9.73 Å². The molecule has 90 valence electrons. The van der Waals surface area contributed by atoms with Crippen LogP contribution in [0.25, 0.3) is 11.1 Å². The van der Waals surface area contributed by atoms with Crippen LogP contribution in [-0.2, 0) is 6.42 Å². The molecule has 0 spiro atoms. The maximum atomic E-state index is 5.73. The molecule has 1 saturated heterocycles. The second-order valence-corrected chi connectivity index (χ2v) is 4.83. The monoisotopic (exact) mass is 230 g/mol. The number of hydrogen-bond acceptors (Lipinski definition) is 3. The van der Waals surface area contributed by atoms with Gasteiger partial charge >= 0.3 is 0 Å². The summed E-state index contributed by atoms with van der Waals surface area (Å²) >= 11 is 0. The number of oxazole rings is 1. The molecule has 1 atom stereocenters. The highest BCUT2D eigenvalue weighted by Crippen LogP contribution is 2.20. The number of fused-ring (bicyclic) bond motifs is 1. The van der Waals surface area contributed by atoms with E-state index in [9.17, 15) is 0 Å². The summed E-state index contributed by atoms with van der Waals surface area (Å²) in [4.78, 5) is 4.51. The van der Waals surface area contributed by atoms with E-state index in [1.165, 1.54) is 25.8 Å². The fraction of sp³-hybridized carbons (Fsp3) is 0.500. The molecule has 1 aromatic heterocycles. The van der Waals surface area contributed by atoms with Crippen LogP contribution in [-0.4, -0.2) is 18.1 Å². The number of hydrogen-bond donors (Lipinski definition) is 1. The lowest BCUT2D eigenvalue weighted by atomic mass is 9.95. The van der Waals surface area contributed by atoms with Crippen LogP contribution < -0.4 is 5.32 Å². The molecule has 1 unspecified atom stereocenters. The third-order valence-corrected chi connectivity index (χ3v) is 3.50. The van der Waals surface area contributed by atoms with E-state index in [1.54, 1.807) is 0 Å². The van der Waals surface area contributed by atoms with E-state index in [2.05, 4.69) is 10.3 Å². The van der Waals surface area contributed by atoms with Crippen LogP contribution in [0, 0.1) is 5.92 Å². The maximum absolute atomic E-state index is 5.73. The van der Waals surface area contributed by atoms with Crippen molar-refractivity contribution in [2.24, 2.45) is 5.92 Å². The first-order chi connectivity index (χ1) is 8.42. The highest BCUT2D eigenvalue weighted by atomic mass is 16.3. The molecular formula is C14H18N2O. The summed E-state index contributed by atoms with van der Waals surface area (Å²) in [5.74, 6) is 1.68. The summed E-state index contributed by atoms with van der Waals surface area (Å²) < 4.78 is 5.73. The van der Waals surface area contributed by atoms with Gasteiger partial charge in [0.1, 0.15) is 5.52 Å². The van der Waals surface area contributed by atoms with E-state index >= 15 is 0 Å². The van der Waals surface area contributed by atoms with E-state index in [1.807, 2.05) is 24.3 Å². The maximum Gasteiger partial charge on any atom is 0.195 e. The average Bonchev–Trinajstić information content (AvgIpc) is 2.80. The zero-order valence-electron chi connectivity index (χ0n) is 9.98. The van der Waals surface area contributed by atoms with Gasteiger partial charge in [-0.15, -0.1) is 0 Å². The lowest BCUT2D eigenvalue weighted by molar-refractivity contribution is 0.347. The average molecular weight is 230 g/mol. The Hall–Kier alpha value is -1.35. The minimum atomic E-state index is 0.791. The molecule has 0 bridgehead atoms. The Labute approximate surface area is 101 Å². The fourth-order valence-electron chi connectivity index (χ4n) is 2.52. The quantitative estimate of drug-likeness (QED) is 0.881. The van der Waals surface area contributed by atoms with E-state index in [4.69, 9.17) is 4.42 Å². The van der Waals surface area contributed by atoms with Crippen LogP contribution in [0.2, 0.25) is 0 Å². The van der Waals surface area contributed by atoms with E-state index in [-0.39, 0.29) is 0 Å². The summed E-state index contributed by atoms with van der Waals surface area (Å²) in [6, 6.07) is 7.97. The summed E-state index contributed by atoms with van der Waals surface area (Å²) in [6.07, 6.45) is 4.78. The minimum Gasteiger partial charge on any atom is -0.441 e. The Kier molecular flexibility index (Phi) is 3.10. The molecule has 0 radical (unpaired) electrons. The lowest BCUT2D eigenvalue weighted by Crippen LogP contribution is -2.29. The van der Waals surface area contributed by atoms with Gasteiger partial charge in [0.25, 0.3) is 0 Å². The Morgan fingerprint density at radius 3 is 3.12 bits per heavy atom. The molecule has 2 aromatic rings. The molecule has 3 heteroatoms. The molecule has 0 saturated carbocycles. The smallest absolute Gasteiger partial charge is 0.195 e. The highest BCUT2D eigenvalue weighted by Gasteiger charge is 2.14. The molecule has 1 aliphatic heterocycles. The lowest BCUT2D eigenvalue weighted by Gasteiger charge is -2.21. The van der Waals surface area contributed by atoms with Gasteiger partial charge in [0, 0.05) is 6.42 Å². The molecule has 1 fully saturated rings. The molecule has 2 heterocycles. The second kappa shape index (κ2) is 4.88. The molecule has 17 heavy (non-hydrogen) atoms. The summed E-state index contributed by atoms with van der Waals surface area (Å²) in [5, 5.41) is 3.45. The standard InChI is InChI=1S/C14H18N2O/c1-2-6-13-12(5-1)16-14(17-13)8-7-11-4-3-9-15-10-11/h1-2,5-6,11,15H,3-4,7-10H2. The normalized spacial score (nSPS) is 20.8. The van der Waals surface area contributed by atoms with Crippen molar-refractivity contribution in [1.29, 1.82) is 0 Å². The topological polar surface area (TPSA) is 38.1 Å². The molecule has 3 rings (SSSR count). The highest BCUT2D eigenvalue weighted by molar-refractivity contribution is 5.72. The van der Waals surface area contributed by atoms with Crippen molar-refractivity contribution in [2.75, 3.05) is 13.1 Å². The molecule has 1 aliphatic rings. The Balaban J connectivity index is 1.64. The van der Waals surface area contributed by atoms with Gasteiger partial charge in [-0.2, -0.15) is 0 Å². The van der Waals surface area contributed by atoms with Crippen LogP contribution in [0.5, 0.6) is 0 Å². The van der Waals surface area contributed by atoms with E-state index in [0.717, 1.165) is 35.9 Å². The third-order valence-electron chi connectivity index (χ3n) is 3.50. The molecule has 0 aliphatic carbocycles.